The molecular formula is C28H37N7O4S. The number of anilines is 2. The van der Waals surface area contributed by atoms with Crippen LogP contribution >= 0.6 is 0 Å². The second-order valence-corrected chi connectivity index (χ2v) is 12.8. The summed E-state index contributed by atoms with van der Waals surface area (Å²) in [4.78, 5) is 27.2. The van der Waals surface area contributed by atoms with Crippen LogP contribution in [0, 0.1) is 17.2 Å². The molecule has 2 aromatic rings. The zero-order valence-corrected chi connectivity index (χ0v) is 24.1. The SMILES string of the molecule is CN/C=C\c1c(C=O)c(Nc2ccc(S(=O)(=O)N(C)C)cc2)nn1C1(CC#N)CCN(C(=O)CCC2CC2)CC1. The second kappa shape index (κ2) is 12.2. The summed E-state index contributed by atoms with van der Waals surface area (Å²) in [5, 5.41) is 20.7. The highest BCUT2D eigenvalue weighted by atomic mass is 32.2. The maximum atomic E-state index is 12.8. The van der Waals surface area contributed by atoms with Crippen LogP contribution in [0.25, 0.3) is 6.08 Å². The van der Waals surface area contributed by atoms with Crippen molar-refractivity contribution in [2.75, 3.05) is 39.5 Å². The Labute approximate surface area is 235 Å². The Morgan fingerprint density at radius 2 is 1.90 bits per heavy atom. The Kier molecular flexibility index (Phi) is 8.95. The van der Waals surface area contributed by atoms with E-state index in [2.05, 4.69) is 16.7 Å². The number of nitrogens with one attached hydrogen (secondary N) is 2. The van der Waals surface area contributed by atoms with Gasteiger partial charge in [-0.2, -0.15) is 10.4 Å². The number of benzene rings is 1. The molecule has 4 rings (SSSR count). The van der Waals surface area contributed by atoms with Crippen LogP contribution in [-0.2, 0) is 20.4 Å². The van der Waals surface area contributed by atoms with Gasteiger partial charge in [0.25, 0.3) is 0 Å². The van der Waals surface area contributed by atoms with E-state index in [0.29, 0.717) is 61.0 Å². The summed E-state index contributed by atoms with van der Waals surface area (Å²) in [7, 11) is 1.10. The first kappa shape index (κ1) is 29.3. The zero-order chi connectivity index (χ0) is 28.9. The molecule has 1 aromatic carbocycles. The van der Waals surface area contributed by atoms with Gasteiger partial charge in [0, 0.05) is 46.3 Å². The van der Waals surface area contributed by atoms with Gasteiger partial charge in [-0.05, 0) is 61.7 Å². The number of likely N-dealkylation sites (tertiary alicyclic amines) is 1. The van der Waals surface area contributed by atoms with E-state index in [1.165, 1.54) is 39.1 Å². The number of aldehydes is 1. The third-order valence-electron chi connectivity index (χ3n) is 7.75. The molecule has 0 spiro atoms. The van der Waals surface area contributed by atoms with Crippen molar-refractivity contribution >= 4 is 39.8 Å². The number of sulfonamides is 1. The number of carbonyl (C=O) groups excluding carboxylic acids is 2. The monoisotopic (exact) mass is 567 g/mol. The summed E-state index contributed by atoms with van der Waals surface area (Å²) < 4.78 is 27.8. The number of rotatable bonds is 12. The van der Waals surface area contributed by atoms with E-state index in [0.717, 1.165) is 17.0 Å². The number of hydrogen-bond donors (Lipinski definition) is 2. The van der Waals surface area contributed by atoms with Crippen LogP contribution in [0.1, 0.15) is 61.0 Å². The summed E-state index contributed by atoms with van der Waals surface area (Å²) in [6.45, 7) is 1.03. The third-order valence-corrected chi connectivity index (χ3v) is 9.58. The molecule has 0 unspecified atom stereocenters. The molecule has 2 N–H and O–H groups in total. The summed E-state index contributed by atoms with van der Waals surface area (Å²) in [5.41, 5.74) is 0.718. The van der Waals surface area contributed by atoms with Crippen LogP contribution in [0.3, 0.4) is 0 Å². The number of hydrogen-bond acceptors (Lipinski definition) is 8. The van der Waals surface area contributed by atoms with Crippen molar-refractivity contribution in [3.05, 3.63) is 41.7 Å². The molecular weight excluding hydrogens is 530 g/mol. The Morgan fingerprint density at radius 1 is 1.23 bits per heavy atom. The van der Waals surface area contributed by atoms with Crippen molar-refractivity contribution in [1.29, 1.82) is 5.26 Å². The van der Waals surface area contributed by atoms with E-state index in [4.69, 9.17) is 5.10 Å². The average molecular weight is 568 g/mol. The lowest BCUT2D eigenvalue weighted by Gasteiger charge is -2.41. The molecule has 0 radical (unpaired) electrons. The minimum atomic E-state index is -3.58. The lowest BCUT2D eigenvalue weighted by atomic mass is 9.84. The molecule has 1 saturated carbocycles. The summed E-state index contributed by atoms with van der Waals surface area (Å²) >= 11 is 0. The van der Waals surface area contributed by atoms with E-state index in [-0.39, 0.29) is 17.2 Å². The van der Waals surface area contributed by atoms with E-state index in [1.807, 2.05) is 4.90 Å². The predicted octanol–water partition coefficient (Wildman–Crippen LogP) is 3.30. The molecule has 40 heavy (non-hydrogen) atoms. The van der Waals surface area contributed by atoms with Crippen molar-refractivity contribution in [3.63, 3.8) is 0 Å². The highest BCUT2D eigenvalue weighted by Crippen LogP contribution is 2.38. The van der Waals surface area contributed by atoms with Gasteiger partial charge in [-0.1, -0.05) is 12.8 Å². The van der Waals surface area contributed by atoms with Crippen molar-refractivity contribution in [2.45, 2.75) is 55.4 Å². The van der Waals surface area contributed by atoms with Gasteiger partial charge in [0.1, 0.15) is 0 Å². The number of piperidine rings is 1. The summed E-state index contributed by atoms with van der Waals surface area (Å²) in [6, 6.07) is 8.52. The van der Waals surface area contributed by atoms with Crippen LogP contribution in [-0.4, -0.2) is 73.8 Å². The standard InChI is InChI=1S/C28H37N7O4S/c1-30-17-12-25-24(20-36)27(31-22-7-9-23(10-8-22)40(38,39)33(2)3)32-35(25)28(13-16-29)14-18-34(19-15-28)26(37)11-6-21-4-5-21/h7-10,12,17,20-21,30H,4-6,11,13-15,18-19H2,1-3H3,(H,31,32)/b17-12-. The molecule has 1 amide bonds. The quantitative estimate of drug-likeness (QED) is 0.372. The Balaban J connectivity index is 1.64. The Bertz CT molecular complexity index is 1400. The van der Waals surface area contributed by atoms with Crippen LogP contribution in [0.4, 0.5) is 11.5 Å². The van der Waals surface area contributed by atoms with Crippen LogP contribution in [0.5, 0.6) is 0 Å². The highest BCUT2D eigenvalue weighted by molar-refractivity contribution is 7.89. The van der Waals surface area contributed by atoms with E-state index in [1.54, 1.807) is 36.1 Å². The fraction of sp³-hybridized carbons (Fsp3) is 0.500. The molecule has 12 heteroatoms. The first-order valence-corrected chi connectivity index (χ1v) is 15.0. The van der Waals surface area contributed by atoms with Crippen molar-refractivity contribution < 1.29 is 18.0 Å². The Hall–Kier alpha value is -3.69. The predicted molar refractivity (Wildman–Crippen MR) is 152 cm³/mol. The normalized spacial score (nSPS) is 17.1. The minimum Gasteiger partial charge on any atom is -0.394 e. The molecule has 1 aromatic heterocycles. The van der Waals surface area contributed by atoms with Crippen molar-refractivity contribution in [1.82, 2.24) is 24.3 Å². The van der Waals surface area contributed by atoms with E-state index < -0.39 is 15.6 Å². The van der Waals surface area contributed by atoms with Gasteiger partial charge in [0.15, 0.2) is 12.1 Å². The van der Waals surface area contributed by atoms with Crippen molar-refractivity contribution in [2.24, 2.45) is 5.92 Å². The van der Waals surface area contributed by atoms with Gasteiger partial charge in [-0.25, -0.2) is 12.7 Å². The molecule has 1 saturated heterocycles. The van der Waals surface area contributed by atoms with Gasteiger partial charge in [0.2, 0.25) is 15.9 Å². The molecule has 1 aliphatic carbocycles. The van der Waals surface area contributed by atoms with Crippen LogP contribution in [0.2, 0.25) is 0 Å². The van der Waals surface area contributed by atoms with Gasteiger partial charge < -0.3 is 15.5 Å². The Morgan fingerprint density at radius 3 is 2.45 bits per heavy atom. The lowest BCUT2D eigenvalue weighted by molar-refractivity contribution is -0.133. The first-order chi connectivity index (χ1) is 19.1. The number of carbonyl (C=O) groups is 2. The molecule has 0 atom stereocenters. The van der Waals surface area contributed by atoms with E-state index in [9.17, 15) is 23.3 Å². The summed E-state index contributed by atoms with van der Waals surface area (Å²) in [5.74, 6) is 1.15. The van der Waals surface area contributed by atoms with Gasteiger partial charge in [-0.15, -0.1) is 0 Å². The maximum Gasteiger partial charge on any atom is 0.242 e. The second-order valence-electron chi connectivity index (χ2n) is 10.7. The molecule has 2 aliphatic rings. The third kappa shape index (κ3) is 6.21. The van der Waals surface area contributed by atoms with Gasteiger partial charge >= 0.3 is 0 Å². The fourth-order valence-electron chi connectivity index (χ4n) is 5.07. The van der Waals surface area contributed by atoms with Crippen molar-refractivity contribution in [3.8, 4) is 6.07 Å². The maximum absolute atomic E-state index is 12.8. The number of nitriles is 1. The smallest absolute Gasteiger partial charge is 0.242 e. The van der Waals surface area contributed by atoms with E-state index >= 15 is 0 Å². The largest absolute Gasteiger partial charge is 0.394 e. The molecule has 2 fully saturated rings. The fourth-order valence-corrected chi connectivity index (χ4v) is 5.97. The minimum absolute atomic E-state index is 0.147. The summed E-state index contributed by atoms with van der Waals surface area (Å²) in [6.07, 6.45) is 9.35. The molecule has 214 valence electrons. The highest BCUT2D eigenvalue weighted by Gasteiger charge is 2.41. The molecule has 2 heterocycles. The molecule has 1 aliphatic heterocycles. The number of aromatic nitrogens is 2. The topological polar surface area (TPSA) is 140 Å². The van der Waals surface area contributed by atoms with Crippen LogP contribution in [0.15, 0.2) is 35.4 Å². The molecule has 11 nitrogen and oxygen atoms in total. The van der Waals surface area contributed by atoms with Gasteiger partial charge in [-0.3, -0.25) is 14.3 Å². The first-order valence-electron chi connectivity index (χ1n) is 13.5. The number of amides is 1. The number of nitrogens with zero attached hydrogens (tertiary/aromatic N) is 5. The lowest BCUT2D eigenvalue weighted by Crippen LogP contribution is -2.48. The zero-order valence-electron chi connectivity index (χ0n) is 23.3. The molecule has 0 bridgehead atoms. The average Bonchev–Trinajstić information content (AvgIpc) is 3.71. The van der Waals surface area contributed by atoms with Crippen LogP contribution < -0.4 is 10.6 Å². The van der Waals surface area contributed by atoms with Gasteiger partial charge in [0.05, 0.1) is 34.2 Å².